The first-order valence-electron chi connectivity index (χ1n) is 53.8. The van der Waals surface area contributed by atoms with E-state index in [1.54, 1.807) is 56.7 Å². The average molecular weight is 1940 g/mol. The maximum atomic E-state index is 13.0. The fourth-order valence-electron chi connectivity index (χ4n) is 23.9. The Labute approximate surface area is 825 Å². The number of amides is 5. The number of likely N-dealkylation sites (tertiary alicyclic amines) is 4. The predicted molar refractivity (Wildman–Crippen MR) is 551 cm³/mol. The lowest BCUT2D eigenvalue weighted by Gasteiger charge is -2.46. The van der Waals surface area contributed by atoms with E-state index < -0.39 is 0 Å². The van der Waals surface area contributed by atoms with Crippen LogP contribution in [0.1, 0.15) is 346 Å². The normalized spacial score (nSPS) is 24.9. The van der Waals surface area contributed by atoms with Gasteiger partial charge in [-0.15, -0.1) is 56.7 Å². The van der Waals surface area contributed by atoms with Crippen LogP contribution in [-0.2, 0) is 83.2 Å². The molecule has 3 atom stereocenters. The Balaban J connectivity index is 0.000000128. The molecular weight excluding hydrogens is 1770 g/mol. The van der Waals surface area contributed by atoms with Crippen LogP contribution >= 0.6 is 56.7 Å². The van der Waals surface area contributed by atoms with E-state index in [1.807, 2.05) is 0 Å². The zero-order valence-electron chi connectivity index (χ0n) is 82.9. The molecule has 3 unspecified atom stereocenters. The van der Waals surface area contributed by atoms with E-state index >= 15 is 0 Å². The van der Waals surface area contributed by atoms with Gasteiger partial charge in [0.1, 0.15) is 0 Å². The third-order valence-electron chi connectivity index (χ3n) is 32.7. The molecule has 6 N–H and O–H groups in total. The fraction of sp³-hybridized carbons (Fsp3) is 0.771. The molecule has 1 saturated carbocycles. The van der Waals surface area contributed by atoms with E-state index in [4.69, 9.17) is 18.9 Å². The van der Waals surface area contributed by atoms with E-state index in [1.165, 1.54) is 291 Å². The summed E-state index contributed by atoms with van der Waals surface area (Å²) in [6.45, 7) is 29.1. The van der Waals surface area contributed by atoms with E-state index in [0.29, 0.717) is 18.5 Å². The number of hydrogen-bond donors (Lipinski definition) is 6. The molecular formula is C109H170N10O10S5. The van der Waals surface area contributed by atoms with Crippen LogP contribution in [0.2, 0.25) is 0 Å². The molecule has 134 heavy (non-hydrogen) atoms. The average Bonchev–Trinajstić information content (AvgIpc) is 0.870. The molecule has 746 valence electrons. The van der Waals surface area contributed by atoms with Crippen molar-refractivity contribution in [2.45, 2.75) is 315 Å². The van der Waals surface area contributed by atoms with Gasteiger partial charge < -0.3 is 75.1 Å². The number of nitrogens with one attached hydrogen (secondary N) is 5. The number of hydrogen-bond acceptors (Lipinski definition) is 20. The van der Waals surface area contributed by atoms with E-state index in [0.717, 1.165) is 251 Å². The largest absolute Gasteiger partial charge is 0.392 e. The number of rotatable bonds is 25. The van der Waals surface area contributed by atoms with Crippen LogP contribution < -0.4 is 26.6 Å². The molecule has 0 radical (unpaired) electrons. The van der Waals surface area contributed by atoms with Crippen LogP contribution in [-0.4, -0.2) is 250 Å². The number of thiophene rings is 5. The molecule has 19 rings (SSSR count). The molecule has 6 aliphatic carbocycles. The minimum absolute atomic E-state index is 0.0593. The molecule has 5 aromatic heterocycles. The summed E-state index contributed by atoms with van der Waals surface area (Å²) in [5.74, 6) is 2.35. The first kappa shape index (κ1) is 104. The van der Waals surface area contributed by atoms with Crippen molar-refractivity contribution in [3.63, 3.8) is 0 Å². The lowest BCUT2D eigenvalue weighted by molar-refractivity contribution is -0.00872. The molecule has 0 aromatic carbocycles. The second-order valence-electron chi connectivity index (χ2n) is 44.3. The van der Waals surface area contributed by atoms with Gasteiger partial charge in [-0.3, -0.25) is 24.0 Å². The summed E-state index contributed by atoms with van der Waals surface area (Å²) in [5.41, 5.74) is 7.85. The number of carbonyl (C=O) groups excluding carboxylic acids is 5. The monoisotopic (exact) mass is 1940 g/mol. The van der Waals surface area contributed by atoms with Crippen molar-refractivity contribution in [2.24, 2.45) is 38.9 Å². The molecule has 0 bridgehead atoms. The van der Waals surface area contributed by atoms with Crippen LogP contribution in [0, 0.1) is 38.9 Å². The van der Waals surface area contributed by atoms with Crippen molar-refractivity contribution in [1.82, 2.24) is 51.1 Å². The van der Waals surface area contributed by atoms with Crippen molar-refractivity contribution in [3.8, 4) is 0 Å². The van der Waals surface area contributed by atoms with Gasteiger partial charge in [0.25, 0.3) is 29.5 Å². The molecule has 9 fully saturated rings. The standard InChI is InChI=1S/C24H38N2O2S.C23H36N2OS.C22H34N2O3S.C21H32N2O2S.C19H30N2O2S/c1-19-8-12-26(13-9-19)18-24(10-14-28-15-11-24)17-25-23(27)22-16-20-6-4-2-3-5-7-21(20)29-22;1-18-9-13-25(14-10-18)17-23(11-6-12-23)16-24-22(26)21-15-19-7-4-2-3-5-8-20(19)27-21;25-18-7-10-24(14-18)16-22(8-11-27-12-9-22)15-23-21(26)20-13-17-5-3-1-2-4-6-19(17)28-20;24-20(19-13-17-7-3-1-2-4-8-18(17)26-19)22-14-21(9-12-25-16-21)15-23-10-5-6-11-23;1-21(2)13-19(9-10-23-14-19)12-20-18(22)17-11-15-7-5-3-4-6-8-16(15)24-17/h16,19H,2-15,17-18H2,1H3,(H,25,27);15,18H,2-14,16-17H2,1H3,(H,24,26);13,18,25H,1-12,14-16H2,(H,23,26);13H,1-12,14-16H2,(H,22,24);11H,3-10,12-14H2,1-2H3,(H,20,22). The zero-order valence-corrected chi connectivity index (χ0v) is 87.0. The highest BCUT2D eigenvalue weighted by molar-refractivity contribution is 7.15. The first-order valence-corrected chi connectivity index (χ1v) is 57.8. The number of piperidine rings is 2. The number of nitrogens with zero attached hydrogens (tertiary/aromatic N) is 5. The number of ether oxygens (including phenoxy) is 4. The summed E-state index contributed by atoms with van der Waals surface area (Å²) in [6, 6.07) is 10.8. The summed E-state index contributed by atoms with van der Waals surface area (Å²) in [5, 5.41) is 26.2. The maximum Gasteiger partial charge on any atom is 0.261 e. The van der Waals surface area contributed by atoms with Gasteiger partial charge in [0.2, 0.25) is 0 Å². The lowest BCUT2D eigenvalue weighted by atomic mass is 9.68. The van der Waals surface area contributed by atoms with Gasteiger partial charge in [0.15, 0.2) is 0 Å². The van der Waals surface area contributed by atoms with Gasteiger partial charge in [0, 0.05) is 170 Å². The van der Waals surface area contributed by atoms with Crippen LogP contribution in [0.15, 0.2) is 30.3 Å². The van der Waals surface area contributed by atoms with Crippen molar-refractivity contribution < 1.29 is 48.0 Å². The van der Waals surface area contributed by atoms with Gasteiger partial charge in [0.05, 0.1) is 43.7 Å². The van der Waals surface area contributed by atoms with Crippen LogP contribution in [0.25, 0.3) is 0 Å². The quantitative estimate of drug-likeness (QED) is 0.0320. The highest BCUT2D eigenvalue weighted by Gasteiger charge is 2.44. The number of aliphatic hydroxyl groups excluding tert-OH is 1. The Hall–Kier alpha value is -4.55. The smallest absolute Gasteiger partial charge is 0.261 e. The highest BCUT2D eigenvalue weighted by atomic mass is 32.1. The van der Waals surface area contributed by atoms with Crippen molar-refractivity contribution in [2.75, 3.05) is 185 Å². The SMILES string of the molecule is CC1CCN(CC2(CNC(=O)c3cc4c(s3)CCCCCC4)CCC2)CC1.CC1CCN(CC2(CNC(=O)c3cc4c(s3)CCCCCC4)CCOCC2)CC1.CN(C)CC1(CNC(=O)c2cc3c(s2)CCCCCC3)CCOC1.O=C(NCC1(CN2CCC(O)C2)CCOCC1)c1cc2c(s1)CCCCCC2.O=C(NCC1(CN2CCCC2)CCOC1)c1cc2c(s1)CCCCCC2. The highest BCUT2D eigenvalue weighted by Crippen LogP contribution is 2.44. The molecule has 13 heterocycles. The fourth-order valence-corrected chi connectivity index (χ4v) is 29.7. The zero-order chi connectivity index (χ0) is 93.0. The molecule has 8 aliphatic heterocycles. The maximum absolute atomic E-state index is 13.0. The van der Waals surface area contributed by atoms with Gasteiger partial charge in [-0.05, 0) is 348 Å². The summed E-state index contributed by atoms with van der Waals surface area (Å²) in [6.07, 6.45) is 56.0. The topological polar surface area (TPSA) is 219 Å². The van der Waals surface area contributed by atoms with Crippen LogP contribution in [0.5, 0.6) is 0 Å². The van der Waals surface area contributed by atoms with E-state index in [9.17, 15) is 29.1 Å². The summed E-state index contributed by atoms with van der Waals surface area (Å²) in [4.78, 5) is 88.4. The first-order chi connectivity index (χ1) is 65.2. The minimum Gasteiger partial charge on any atom is -0.392 e. The third kappa shape index (κ3) is 30.7. The second kappa shape index (κ2) is 51.9. The Morgan fingerprint density at radius 1 is 0.321 bits per heavy atom. The minimum atomic E-state index is -0.197. The number of β-amino-alcohol motifs (C(OH)–C–C–N with tert-alkyl or cyclic N) is 1. The summed E-state index contributed by atoms with van der Waals surface area (Å²) >= 11 is 8.63. The van der Waals surface area contributed by atoms with Gasteiger partial charge in [-0.2, -0.15) is 0 Å². The van der Waals surface area contributed by atoms with E-state index in [-0.39, 0.29) is 57.3 Å². The predicted octanol–water partition coefficient (Wildman–Crippen LogP) is 19.4. The van der Waals surface area contributed by atoms with Crippen LogP contribution in [0.4, 0.5) is 0 Å². The molecule has 25 heteroatoms. The third-order valence-corrected chi connectivity index (χ3v) is 38.9. The van der Waals surface area contributed by atoms with Crippen molar-refractivity contribution in [3.05, 3.63) is 107 Å². The van der Waals surface area contributed by atoms with Gasteiger partial charge >= 0.3 is 0 Å². The summed E-state index contributed by atoms with van der Waals surface area (Å²) in [7, 11) is 4.17. The molecule has 5 amide bonds. The molecule has 20 nitrogen and oxygen atoms in total. The Morgan fingerprint density at radius 2 is 0.582 bits per heavy atom. The number of fused-ring (bicyclic) bond motifs is 5. The lowest BCUT2D eigenvalue weighted by Crippen LogP contribution is -2.50. The van der Waals surface area contributed by atoms with Crippen molar-refractivity contribution in [1.29, 1.82) is 0 Å². The molecule has 5 aromatic rings. The Kier molecular flexibility index (Phi) is 40.2. The number of carbonyl (C=O) groups is 5. The van der Waals surface area contributed by atoms with Crippen LogP contribution in [0.3, 0.4) is 0 Å². The van der Waals surface area contributed by atoms with Gasteiger partial charge in [-0.25, -0.2) is 0 Å². The number of aryl methyl sites for hydroxylation is 10. The van der Waals surface area contributed by atoms with Gasteiger partial charge in [-0.1, -0.05) is 84.5 Å². The molecule has 14 aliphatic rings. The summed E-state index contributed by atoms with van der Waals surface area (Å²) < 4.78 is 22.6. The van der Waals surface area contributed by atoms with E-state index in [2.05, 4.69) is 109 Å². The Morgan fingerprint density at radius 3 is 0.873 bits per heavy atom. The molecule has 8 saturated heterocycles. The Bertz CT molecular complexity index is 4310. The number of aliphatic hydroxyl groups is 1. The van der Waals surface area contributed by atoms with Crippen molar-refractivity contribution >= 4 is 86.2 Å². The second-order valence-corrected chi connectivity index (χ2v) is 50.0. The molecule has 0 spiro atoms.